The molecule has 0 radical (unpaired) electrons. The Kier molecular flexibility index (Phi) is 8.16. The molecule has 0 aliphatic heterocycles. The Morgan fingerprint density at radius 3 is 2.47 bits per heavy atom. The first-order valence-electron chi connectivity index (χ1n) is 8.41. The molecule has 1 aliphatic carbocycles. The molecule has 2 nitrogen and oxygen atoms in total. The van der Waals surface area contributed by atoms with E-state index in [0.717, 1.165) is 31.6 Å². The summed E-state index contributed by atoms with van der Waals surface area (Å²) < 4.78 is 0. The molecule has 1 saturated carbocycles. The van der Waals surface area contributed by atoms with Crippen LogP contribution in [0.3, 0.4) is 0 Å². The van der Waals surface area contributed by atoms with Crippen molar-refractivity contribution in [2.24, 2.45) is 17.8 Å². The minimum absolute atomic E-state index is 0.0562. The molecule has 0 saturated heterocycles. The van der Waals surface area contributed by atoms with Crippen LogP contribution in [0.2, 0.25) is 0 Å². The van der Waals surface area contributed by atoms with E-state index in [2.05, 4.69) is 13.8 Å². The van der Waals surface area contributed by atoms with Crippen LogP contribution in [0.25, 0.3) is 0 Å². The van der Waals surface area contributed by atoms with Gasteiger partial charge in [0.1, 0.15) is 0 Å². The smallest absolute Gasteiger partial charge is 0.306 e. The standard InChI is InChI=1S/C17H32O2/c1-3-5-6-10-14(9-4-2)13-15-11-7-8-12-16(15)17(18)19/h14-16H,3-13H2,1-2H3,(H,18,19). The van der Waals surface area contributed by atoms with Gasteiger partial charge in [-0.25, -0.2) is 0 Å². The van der Waals surface area contributed by atoms with Crippen LogP contribution >= 0.6 is 0 Å². The van der Waals surface area contributed by atoms with E-state index in [1.807, 2.05) is 0 Å². The van der Waals surface area contributed by atoms with Gasteiger partial charge < -0.3 is 5.11 Å². The molecular formula is C17H32O2. The number of hydrogen-bond acceptors (Lipinski definition) is 1. The van der Waals surface area contributed by atoms with E-state index in [4.69, 9.17) is 0 Å². The first-order chi connectivity index (χ1) is 9.19. The Hall–Kier alpha value is -0.530. The van der Waals surface area contributed by atoms with Gasteiger partial charge in [-0.15, -0.1) is 0 Å². The zero-order valence-corrected chi connectivity index (χ0v) is 12.9. The number of aliphatic carboxylic acids is 1. The van der Waals surface area contributed by atoms with Gasteiger partial charge in [-0.05, 0) is 31.1 Å². The summed E-state index contributed by atoms with van der Waals surface area (Å²) in [5.41, 5.74) is 0. The van der Waals surface area contributed by atoms with Gasteiger partial charge in [0.05, 0.1) is 5.92 Å². The predicted molar refractivity (Wildman–Crippen MR) is 80.2 cm³/mol. The lowest BCUT2D eigenvalue weighted by Crippen LogP contribution is -2.28. The van der Waals surface area contributed by atoms with Crippen molar-refractivity contribution >= 4 is 5.97 Å². The molecular weight excluding hydrogens is 236 g/mol. The van der Waals surface area contributed by atoms with Crippen LogP contribution in [0, 0.1) is 17.8 Å². The molecule has 3 atom stereocenters. The number of unbranched alkanes of at least 4 members (excludes halogenated alkanes) is 2. The second kappa shape index (κ2) is 9.39. The van der Waals surface area contributed by atoms with E-state index in [1.54, 1.807) is 0 Å². The van der Waals surface area contributed by atoms with Crippen LogP contribution in [-0.2, 0) is 4.79 Å². The fourth-order valence-electron chi connectivity index (χ4n) is 3.71. The Balaban J connectivity index is 2.47. The highest BCUT2D eigenvalue weighted by atomic mass is 16.4. The molecule has 1 N–H and O–H groups in total. The fraction of sp³-hybridized carbons (Fsp3) is 0.941. The van der Waals surface area contributed by atoms with Crippen molar-refractivity contribution in [1.29, 1.82) is 0 Å². The Morgan fingerprint density at radius 2 is 1.84 bits per heavy atom. The summed E-state index contributed by atoms with van der Waals surface area (Å²) in [5, 5.41) is 9.37. The molecule has 3 unspecified atom stereocenters. The summed E-state index contributed by atoms with van der Waals surface area (Å²) in [6, 6.07) is 0. The van der Waals surface area contributed by atoms with E-state index in [1.165, 1.54) is 44.9 Å². The van der Waals surface area contributed by atoms with Crippen LogP contribution in [0.1, 0.15) is 84.5 Å². The van der Waals surface area contributed by atoms with Crippen molar-refractivity contribution in [1.82, 2.24) is 0 Å². The van der Waals surface area contributed by atoms with Gasteiger partial charge in [0.25, 0.3) is 0 Å². The van der Waals surface area contributed by atoms with Crippen molar-refractivity contribution < 1.29 is 9.90 Å². The number of carboxylic acid groups (broad SMARTS) is 1. The highest BCUT2D eigenvalue weighted by molar-refractivity contribution is 5.70. The molecule has 1 fully saturated rings. The molecule has 0 aromatic heterocycles. The van der Waals surface area contributed by atoms with Crippen molar-refractivity contribution in [3.05, 3.63) is 0 Å². The highest BCUT2D eigenvalue weighted by Crippen LogP contribution is 2.36. The molecule has 2 heteroatoms. The average molecular weight is 268 g/mol. The largest absolute Gasteiger partial charge is 0.481 e. The molecule has 19 heavy (non-hydrogen) atoms. The van der Waals surface area contributed by atoms with Crippen molar-refractivity contribution in [2.45, 2.75) is 84.5 Å². The SMILES string of the molecule is CCCCCC(CCC)CC1CCCCC1C(=O)O. The van der Waals surface area contributed by atoms with Crippen LogP contribution in [0.15, 0.2) is 0 Å². The lowest BCUT2D eigenvalue weighted by atomic mass is 9.73. The van der Waals surface area contributed by atoms with E-state index < -0.39 is 5.97 Å². The molecule has 0 bridgehead atoms. The van der Waals surface area contributed by atoms with Gasteiger partial charge in [0.2, 0.25) is 0 Å². The first-order valence-corrected chi connectivity index (χ1v) is 8.41. The molecule has 0 amide bonds. The van der Waals surface area contributed by atoms with Gasteiger partial charge >= 0.3 is 5.97 Å². The van der Waals surface area contributed by atoms with E-state index in [-0.39, 0.29) is 5.92 Å². The summed E-state index contributed by atoms with van der Waals surface area (Å²) >= 11 is 0. The summed E-state index contributed by atoms with van der Waals surface area (Å²) in [6.07, 6.45) is 13.3. The van der Waals surface area contributed by atoms with E-state index in [0.29, 0.717) is 5.92 Å². The van der Waals surface area contributed by atoms with Crippen LogP contribution in [0.5, 0.6) is 0 Å². The zero-order chi connectivity index (χ0) is 14.1. The zero-order valence-electron chi connectivity index (χ0n) is 12.9. The lowest BCUT2D eigenvalue weighted by molar-refractivity contribution is -0.145. The lowest BCUT2D eigenvalue weighted by Gasteiger charge is -2.31. The maximum Gasteiger partial charge on any atom is 0.306 e. The molecule has 0 spiro atoms. The van der Waals surface area contributed by atoms with Crippen molar-refractivity contribution in [3.63, 3.8) is 0 Å². The monoisotopic (exact) mass is 268 g/mol. The molecule has 1 aliphatic rings. The van der Waals surface area contributed by atoms with E-state index >= 15 is 0 Å². The number of rotatable bonds is 9. The Labute approximate surface area is 119 Å². The third kappa shape index (κ3) is 5.97. The summed E-state index contributed by atoms with van der Waals surface area (Å²) in [5.74, 6) is 0.610. The number of carboxylic acids is 1. The minimum Gasteiger partial charge on any atom is -0.481 e. The average Bonchev–Trinajstić information content (AvgIpc) is 2.39. The molecule has 0 aromatic rings. The van der Waals surface area contributed by atoms with Crippen LogP contribution in [-0.4, -0.2) is 11.1 Å². The maximum absolute atomic E-state index is 11.4. The molecule has 112 valence electrons. The van der Waals surface area contributed by atoms with Crippen LogP contribution < -0.4 is 0 Å². The van der Waals surface area contributed by atoms with Gasteiger partial charge in [-0.2, -0.15) is 0 Å². The quantitative estimate of drug-likeness (QED) is 0.579. The summed E-state index contributed by atoms with van der Waals surface area (Å²) in [4.78, 5) is 11.4. The van der Waals surface area contributed by atoms with Gasteiger partial charge in [-0.1, -0.05) is 65.2 Å². The second-order valence-electron chi connectivity index (χ2n) is 6.38. The van der Waals surface area contributed by atoms with E-state index in [9.17, 15) is 9.90 Å². The van der Waals surface area contributed by atoms with Gasteiger partial charge in [-0.3, -0.25) is 4.79 Å². The maximum atomic E-state index is 11.4. The van der Waals surface area contributed by atoms with Gasteiger partial charge in [0, 0.05) is 0 Å². The summed E-state index contributed by atoms with van der Waals surface area (Å²) in [6.45, 7) is 4.50. The number of hydrogen-bond donors (Lipinski definition) is 1. The second-order valence-corrected chi connectivity index (χ2v) is 6.38. The normalized spacial score (nSPS) is 25.2. The van der Waals surface area contributed by atoms with Crippen molar-refractivity contribution in [3.8, 4) is 0 Å². The predicted octanol–water partition coefficient (Wildman–Crippen LogP) is 5.26. The molecule has 1 rings (SSSR count). The summed E-state index contributed by atoms with van der Waals surface area (Å²) in [7, 11) is 0. The Morgan fingerprint density at radius 1 is 1.11 bits per heavy atom. The Bertz CT molecular complexity index is 250. The highest BCUT2D eigenvalue weighted by Gasteiger charge is 2.31. The topological polar surface area (TPSA) is 37.3 Å². The third-order valence-electron chi connectivity index (χ3n) is 4.78. The molecule has 0 aromatic carbocycles. The first kappa shape index (κ1) is 16.5. The van der Waals surface area contributed by atoms with Crippen molar-refractivity contribution in [2.75, 3.05) is 0 Å². The molecule has 0 heterocycles. The minimum atomic E-state index is -0.548. The number of carbonyl (C=O) groups is 1. The van der Waals surface area contributed by atoms with Gasteiger partial charge in [0.15, 0.2) is 0 Å². The third-order valence-corrected chi connectivity index (χ3v) is 4.78. The fourth-order valence-corrected chi connectivity index (χ4v) is 3.71. The van der Waals surface area contributed by atoms with Crippen LogP contribution in [0.4, 0.5) is 0 Å².